The largest absolute Gasteiger partial charge is 0.0622 e. The molecule has 0 N–H and O–H groups in total. The van der Waals surface area contributed by atoms with E-state index in [0.717, 1.165) is 0 Å². The minimum atomic E-state index is -0.125. The SMILES string of the molecule is CC1(C)c2ccccc2-c2ccc(-c3c4ccccc4c(-c4ccc5c(c4)C(C)(C)c4ccccc4-5)c4cc(-c5ccc(-c6c7ccccc7c(-c7ccc(-c8ccccc8)cc7)c7ccccc67)cc5)ccc34)cc21. The molecule has 358 valence electrons. The molecule has 0 atom stereocenters. The van der Waals surface area contributed by atoms with Gasteiger partial charge in [0.15, 0.2) is 0 Å². The topological polar surface area (TPSA) is 0 Å². The van der Waals surface area contributed by atoms with Crippen molar-refractivity contribution in [2.24, 2.45) is 0 Å². The fourth-order valence-electron chi connectivity index (χ4n) is 13.7. The van der Waals surface area contributed by atoms with E-state index < -0.39 is 0 Å². The Morgan fingerprint density at radius 1 is 0.184 bits per heavy atom. The molecular formula is C76H54. The third-order valence-electron chi connectivity index (χ3n) is 17.5. The van der Waals surface area contributed by atoms with E-state index in [1.54, 1.807) is 0 Å². The molecule has 0 radical (unpaired) electrons. The molecule has 0 nitrogen and oxygen atoms in total. The van der Waals surface area contributed by atoms with E-state index in [0.29, 0.717) is 0 Å². The van der Waals surface area contributed by atoms with Crippen molar-refractivity contribution in [1.82, 2.24) is 0 Å². The van der Waals surface area contributed by atoms with Crippen LogP contribution in [0.4, 0.5) is 0 Å². The molecule has 0 aromatic heterocycles. The lowest BCUT2D eigenvalue weighted by molar-refractivity contribution is 0.660. The standard InChI is InChI=1S/C76H54/c1-75(2)67-28-16-14-20-55(67)57-41-39-53(45-69(57)75)73-63-26-12-13-27-64(63)74(54-40-42-58-56-21-15-17-29-68(56)76(3,4)70(58)46-54)66-44-52(38-43-65(66)73)49-32-36-51(37-33-49)72-61-24-10-8-22-59(61)71(60-23-9-11-25-62(60)72)50-34-30-48(31-35-50)47-18-6-5-7-19-47/h5-46H,1-4H3. The van der Waals surface area contributed by atoms with Gasteiger partial charge in [-0.1, -0.05) is 264 Å². The van der Waals surface area contributed by atoms with Gasteiger partial charge in [0.25, 0.3) is 0 Å². The highest BCUT2D eigenvalue weighted by atomic mass is 14.4. The van der Waals surface area contributed by atoms with Crippen LogP contribution in [-0.4, -0.2) is 0 Å². The summed E-state index contributed by atoms with van der Waals surface area (Å²) in [5.41, 5.74) is 25.6. The Balaban J connectivity index is 0.906. The number of rotatable bonds is 6. The smallest absolute Gasteiger partial charge is 0.0159 e. The van der Waals surface area contributed by atoms with Gasteiger partial charge in [0.2, 0.25) is 0 Å². The zero-order valence-corrected chi connectivity index (χ0v) is 43.2. The van der Waals surface area contributed by atoms with Crippen LogP contribution in [0.15, 0.2) is 255 Å². The van der Waals surface area contributed by atoms with Crippen LogP contribution in [0.5, 0.6) is 0 Å². The molecule has 0 saturated heterocycles. The maximum absolute atomic E-state index is 2.51. The zero-order valence-electron chi connectivity index (χ0n) is 43.2. The van der Waals surface area contributed by atoms with Gasteiger partial charge in [-0.25, -0.2) is 0 Å². The highest BCUT2D eigenvalue weighted by molar-refractivity contribution is 6.23. The van der Waals surface area contributed by atoms with Gasteiger partial charge in [-0.3, -0.25) is 0 Å². The van der Waals surface area contributed by atoms with E-state index in [-0.39, 0.29) is 10.8 Å². The molecule has 15 rings (SSSR count). The Kier molecular flexibility index (Phi) is 9.76. The van der Waals surface area contributed by atoms with E-state index in [1.807, 2.05) is 0 Å². The molecule has 0 saturated carbocycles. The van der Waals surface area contributed by atoms with Gasteiger partial charge in [-0.2, -0.15) is 0 Å². The van der Waals surface area contributed by atoms with E-state index >= 15 is 0 Å². The van der Waals surface area contributed by atoms with Crippen molar-refractivity contribution in [3.05, 3.63) is 277 Å². The van der Waals surface area contributed by atoms with Crippen LogP contribution in [0.3, 0.4) is 0 Å². The van der Waals surface area contributed by atoms with Crippen LogP contribution < -0.4 is 0 Å². The van der Waals surface area contributed by atoms with Gasteiger partial charge in [-0.15, -0.1) is 0 Å². The van der Waals surface area contributed by atoms with E-state index in [1.165, 1.54) is 154 Å². The molecule has 13 aromatic rings. The second kappa shape index (κ2) is 16.7. The summed E-state index contributed by atoms with van der Waals surface area (Å²) >= 11 is 0. The van der Waals surface area contributed by atoms with E-state index in [4.69, 9.17) is 0 Å². The first-order valence-electron chi connectivity index (χ1n) is 26.9. The van der Waals surface area contributed by atoms with Crippen LogP contribution in [-0.2, 0) is 10.8 Å². The third kappa shape index (κ3) is 6.57. The monoisotopic (exact) mass is 966 g/mol. The molecule has 0 amide bonds. The van der Waals surface area contributed by atoms with Gasteiger partial charge in [0.05, 0.1) is 0 Å². The van der Waals surface area contributed by atoms with Gasteiger partial charge >= 0.3 is 0 Å². The highest BCUT2D eigenvalue weighted by Crippen LogP contribution is 2.54. The Hall–Kier alpha value is -9.10. The number of benzene rings is 13. The average molecular weight is 967 g/mol. The van der Waals surface area contributed by atoms with Crippen LogP contribution in [0, 0.1) is 0 Å². The third-order valence-corrected chi connectivity index (χ3v) is 17.5. The van der Waals surface area contributed by atoms with E-state index in [2.05, 4.69) is 282 Å². The minimum Gasteiger partial charge on any atom is -0.0622 e. The van der Waals surface area contributed by atoms with Gasteiger partial charge in [-0.05, 0) is 173 Å². The van der Waals surface area contributed by atoms with Crippen LogP contribution in [0.2, 0.25) is 0 Å². The molecular weight excluding hydrogens is 913 g/mol. The molecule has 13 aromatic carbocycles. The molecule has 0 fully saturated rings. The summed E-state index contributed by atoms with van der Waals surface area (Å²) in [6.07, 6.45) is 0. The van der Waals surface area contributed by atoms with Crippen molar-refractivity contribution < 1.29 is 0 Å². The van der Waals surface area contributed by atoms with Crippen LogP contribution in [0.1, 0.15) is 49.9 Å². The molecule has 0 bridgehead atoms. The van der Waals surface area contributed by atoms with Gasteiger partial charge in [0, 0.05) is 10.8 Å². The molecule has 76 heavy (non-hydrogen) atoms. The Labute approximate surface area is 445 Å². The molecule has 0 spiro atoms. The Bertz CT molecular complexity index is 4470. The van der Waals surface area contributed by atoms with Gasteiger partial charge in [0.1, 0.15) is 0 Å². The quantitative estimate of drug-likeness (QED) is 0.146. The van der Waals surface area contributed by atoms with Crippen molar-refractivity contribution in [3.63, 3.8) is 0 Å². The predicted octanol–water partition coefficient (Wildman–Crippen LogP) is 20.9. The zero-order chi connectivity index (χ0) is 50.9. The van der Waals surface area contributed by atoms with E-state index in [9.17, 15) is 0 Å². The number of hydrogen-bond acceptors (Lipinski definition) is 0. The normalized spacial score (nSPS) is 13.7. The summed E-state index contributed by atoms with van der Waals surface area (Å²) in [7, 11) is 0. The average Bonchev–Trinajstić information content (AvgIpc) is 3.84. The molecule has 2 aliphatic carbocycles. The molecule has 0 heteroatoms. The molecule has 0 heterocycles. The number of hydrogen-bond donors (Lipinski definition) is 0. The lowest BCUT2D eigenvalue weighted by atomic mass is 9.79. The van der Waals surface area contributed by atoms with Crippen molar-refractivity contribution in [2.75, 3.05) is 0 Å². The number of fused-ring (bicyclic) bond motifs is 10. The lowest BCUT2D eigenvalue weighted by Crippen LogP contribution is -2.15. The second-order valence-electron chi connectivity index (χ2n) is 22.3. The maximum atomic E-state index is 2.51. The van der Waals surface area contributed by atoms with Crippen LogP contribution >= 0.6 is 0 Å². The summed E-state index contributed by atoms with van der Waals surface area (Å²) in [5.74, 6) is 0. The summed E-state index contributed by atoms with van der Waals surface area (Å²) < 4.78 is 0. The lowest BCUT2D eigenvalue weighted by Gasteiger charge is -2.24. The summed E-state index contributed by atoms with van der Waals surface area (Å²) in [6.45, 7) is 9.55. The minimum absolute atomic E-state index is 0.114. The van der Waals surface area contributed by atoms with Crippen molar-refractivity contribution in [1.29, 1.82) is 0 Å². The summed E-state index contributed by atoms with van der Waals surface area (Å²) in [4.78, 5) is 0. The fraction of sp³-hybridized carbons (Fsp3) is 0.0789. The van der Waals surface area contributed by atoms with Crippen molar-refractivity contribution >= 4 is 43.1 Å². The van der Waals surface area contributed by atoms with Crippen LogP contribution in [0.25, 0.3) is 132 Å². The first kappa shape index (κ1) is 44.4. The summed E-state index contributed by atoms with van der Waals surface area (Å²) in [5, 5.41) is 10.1. The molecule has 0 unspecified atom stereocenters. The fourth-order valence-corrected chi connectivity index (χ4v) is 13.7. The first-order chi connectivity index (χ1) is 37.2. The molecule has 2 aliphatic rings. The summed E-state index contributed by atoms with van der Waals surface area (Å²) in [6, 6.07) is 96.0. The van der Waals surface area contributed by atoms with Crippen molar-refractivity contribution in [2.45, 2.75) is 38.5 Å². The predicted molar refractivity (Wildman–Crippen MR) is 324 cm³/mol. The molecule has 0 aliphatic heterocycles. The second-order valence-corrected chi connectivity index (χ2v) is 22.3. The first-order valence-corrected chi connectivity index (χ1v) is 26.9. The Morgan fingerprint density at radius 2 is 0.474 bits per heavy atom. The maximum Gasteiger partial charge on any atom is 0.0159 e. The van der Waals surface area contributed by atoms with Gasteiger partial charge < -0.3 is 0 Å². The Morgan fingerprint density at radius 3 is 0.921 bits per heavy atom. The van der Waals surface area contributed by atoms with Crippen molar-refractivity contribution in [3.8, 4) is 89.0 Å². The highest BCUT2D eigenvalue weighted by Gasteiger charge is 2.37.